The summed E-state index contributed by atoms with van der Waals surface area (Å²) < 4.78 is 16.1. The number of methoxy groups -OCH3 is 2. The molecular weight excluding hydrogens is 496 g/mol. The second-order valence-electron chi connectivity index (χ2n) is 14.8. The Balaban J connectivity index is 2.53. The fourth-order valence-corrected chi connectivity index (χ4v) is 6.73. The smallest absolute Gasteiger partial charge is 0.306 e. The molecule has 1 aliphatic heterocycles. The van der Waals surface area contributed by atoms with Crippen LogP contribution in [0.4, 0.5) is 0 Å². The number of carbonyl (C=O) groups excluding carboxylic acids is 3. The molecule has 228 valence electrons. The van der Waals surface area contributed by atoms with Crippen molar-refractivity contribution in [3.05, 3.63) is 0 Å². The highest BCUT2D eigenvalue weighted by Crippen LogP contribution is 2.39. The van der Waals surface area contributed by atoms with E-state index in [0.29, 0.717) is 26.1 Å². The lowest BCUT2D eigenvalue weighted by Crippen LogP contribution is -2.42. The molecule has 0 bridgehead atoms. The van der Waals surface area contributed by atoms with E-state index in [4.69, 9.17) is 14.2 Å². The van der Waals surface area contributed by atoms with Crippen LogP contribution >= 0.6 is 0 Å². The van der Waals surface area contributed by atoms with E-state index in [2.05, 4.69) is 67.6 Å². The van der Waals surface area contributed by atoms with Crippen molar-refractivity contribution in [2.24, 2.45) is 21.7 Å². The number of rotatable bonds is 17. The van der Waals surface area contributed by atoms with Crippen LogP contribution in [-0.4, -0.2) is 75.4 Å². The van der Waals surface area contributed by atoms with Gasteiger partial charge in [0.2, 0.25) is 5.91 Å². The van der Waals surface area contributed by atoms with Gasteiger partial charge in [0.25, 0.3) is 5.91 Å². The number of nitrogens with zero attached hydrogens (tertiary/aromatic N) is 1. The van der Waals surface area contributed by atoms with Gasteiger partial charge in [0.05, 0.1) is 25.2 Å². The fraction of sp³-hybridized carbons (Fsp3) is 0.903. The third kappa shape index (κ3) is 13.5. The number of hydrogen-bond acceptors (Lipinski definition) is 6. The van der Waals surface area contributed by atoms with Crippen molar-refractivity contribution in [2.75, 3.05) is 40.5 Å². The predicted octanol–water partition coefficient (Wildman–Crippen LogP) is 5.37. The minimum absolute atomic E-state index is 0.0339. The number of likely N-dealkylation sites (tertiary alicyclic amines) is 1. The van der Waals surface area contributed by atoms with Crippen LogP contribution < -0.4 is 5.32 Å². The molecule has 8 heteroatoms. The van der Waals surface area contributed by atoms with E-state index in [1.807, 2.05) is 4.90 Å². The van der Waals surface area contributed by atoms with Gasteiger partial charge in [-0.1, -0.05) is 68.7 Å². The maximum atomic E-state index is 13.2. The van der Waals surface area contributed by atoms with Crippen molar-refractivity contribution in [1.82, 2.24) is 10.2 Å². The van der Waals surface area contributed by atoms with Crippen LogP contribution in [0.5, 0.6) is 0 Å². The van der Waals surface area contributed by atoms with Gasteiger partial charge in [-0.05, 0) is 47.3 Å². The summed E-state index contributed by atoms with van der Waals surface area (Å²) in [4.78, 5) is 40.0. The lowest BCUT2D eigenvalue weighted by Gasteiger charge is -2.36. The summed E-state index contributed by atoms with van der Waals surface area (Å²) in [6.07, 6.45) is 5.39. The Labute approximate surface area is 238 Å². The highest BCUT2D eigenvalue weighted by atomic mass is 16.5. The average molecular weight is 555 g/mol. The molecule has 1 saturated heterocycles. The quantitative estimate of drug-likeness (QED) is 0.243. The maximum Gasteiger partial charge on any atom is 0.306 e. The first-order chi connectivity index (χ1) is 17.8. The molecule has 1 fully saturated rings. The third-order valence-electron chi connectivity index (χ3n) is 7.61. The van der Waals surface area contributed by atoms with Gasteiger partial charge >= 0.3 is 5.97 Å². The van der Waals surface area contributed by atoms with E-state index in [1.165, 1.54) is 0 Å². The van der Waals surface area contributed by atoms with Gasteiger partial charge in [0.15, 0.2) is 6.61 Å². The monoisotopic (exact) mass is 554 g/mol. The first-order valence-corrected chi connectivity index (χ1v) is 14.6. The zero-order valence-corrected chi connectivity index (χ0v) is 26.8. The third-order valence-corrected chi connectivity index (χ3v) is 7.61. The molecule has 0 aliphatic carbocycles. The van der Waals surface area contributed by atoms with Gasteiger partial charge in [0, 0.05) is 33.7 Å². The van der Waals surface area contributed by atoms with Gasteiger partial charge in [0.1, 0.15) is 0 Å². The van der Waals surface area contributed by atoms with Gasteiger partial charge < -0.3 is 24.4 Å². The summed E-state index contributed by atoms with van der Waals surface area (Å²) in [6, 6.07) is 0.0339. The van der Waals surface area contributed by atoms with Gasteiger partial charge in [-0.3, -0.25) is 14.4 Å². The van der Waals surface area contributed by atoms with E-state index in [1.54, 1.807) is 14.2 Å². The molecule has 0 aromatic heterocycles. The van der Waals surface area contributed by atoms with Crippen molar-refractivity contribution in [1.29, 1.82) is 0 Å². The zero-order valence-electron chi connectivity index (χ0n) is 26.8. The first-order valence-electron chi connectivity index (χ1n) is 14.6. The second-order valence-corrected chi connectivity index (χ2v) is 14.8. The summed E-state index contributed by atoms with van der Waals surface area (Å²) in [5.41, 5.74) is -0.549. The fourth-order valence-electron chi connectivity index (χ4n) is 6.73. The Morgan fingerprint density at radius 3 is 2.03 bits per heavy atom. The van der Waals surface area contributed by atoms with E-state index < -0.39 is 0 Å². The Morgan fingerprint density at radius 1 is 0.872 bits per heavy atom. The van der Waals surface area contributed by atoms with Crippen LogP contribution in [0, 0.1) is 21.7 Å². The van der Waals surface area contributed by atoms with Crippen molar-refractivity contribution >= 4 is 17.8 Å². The topological polar surface area (TPSA) is 94.2 Å². The Bertz CT molecular complexity index is 805. The number of amides is 2. The molecule has 0 unspecified atom stereocenters. The lowest BCUT2D eigenvalue weighted by atomic mass is 9.71. The summed E-state index contributed by atoms with van der Waals surface area (Å²) in [5.74, 6) is -0.542. The van der Waals surface area contributed by atoms with Crippen molar-refractivity contribution in [3.63, 3.8) is 0 Å². The lowest BCUT2D eigenvalue weighted by molar-refractivity contribution is -0.151. The molecule has 1 aliphatic rings. The van der Waals surface area contributed by atoms with Gasteiger partial charge in [-0.15, -0.1) is 0 Å². The highest BCUT2D eigenvalue weighted by molar-refractivity contribution is 5.80. The number of ether oxygens (including phenoxy) is 3. The van der Waals surface area contributed by atoms with Crippen LogP contribution in [0.3, 0.4) is 0 Å². The zero-order chi connectivity index (χ0) is 30.1. The largest absolute Gasteiger partial charge is 0.456 e. The van der Waals surface area contributed by atoms with Gasteiger partial charge in [-0.2, -0.15) is 0 Å². The Kier molecular flexibility index (Phi) is 13.4. The summed E-state index contributed by atoms with van der Waals surface area (Å²) in [6.45, 7) is 20.4. The average Bonchev–Trinajstić information content (AvgIpc) is 3.17. The standard InChI is InChI=1S/C31H58N2O6/c1-12-13-28(2,3)20-30(6,7)16-27(36)39-19-25(34)32-22-31(8,9)21-29(4,5)15-26(35)33-17-24(38-11)14-23(33)18-37-10/h23-24H,12-22H2,1-11H3,(H,32,34)/t23-,24+/m0/s1. The van der Waals surface area contributed by atoms with E-state index in [9.17, 15) is 14.4 Å². The molecule has 0 aromatic rings. The number of hydrogen-bond donors (Lipinski definition) is 1. The molecule has 0 spiro atoms. The minimum atomic E-state index is -0.342. The summed E-state index contributed by atoms with van der Waals surface area (Å²) in [7, 11) is 3.33. The number of esters is 1. The molecule has 2 atom stereocenters. The second kappa shape index (κ2) is 14.8. The van der Waals surface area contributed by atoms with Crippen LogP contribution in [0.25, 0.3) is 0 Å². The molecule has 2 amide bonds. The van der Waals surface area contributed by atoms with Crippen LogP contribution in [0.15, 0.2) is 0 Å². The van der Waals surface area contributed by atoms with Crippen molar-refractivity contribution in [3.8, 4) is 0 Å². The molecule has 8 nitrogen and oxygen atoms in total. The van der Waals surface area contributed by atoms with E-state index in [-0.39, 0.29) is 64.6 Å². The normalized spacial score (nSPS) is 18.8. The van der Waals surface area contributed by atoms with Crippen LogP contribution in [0.2, 0.25) is 0 Å². The molecule has 1 N–H and O–H groups in total. The molecule has 1 rings (SSSR count). The Morgan fingerprint density at radius 2 is 1.46 bits per heavy atom. The predicted molar refractivity (Wildman–Crippen MR) is 155 cm³/mol. The maximum absolute atomic E-state index is 13.2. The summed E-state index contributed by atoms with van der Waals surface area (Å²) >= 11 is 0. The van der Waals surface area contributed by atoms with Gasteiger partial charge in [-0.25, -0.2) is 0 Å². The Hall–Kier alpha value is -1.67. The molecule has 0 radical (unpaired) electrons. The van der Waals surface area contributed by atoms with E-state index in [0.717, 1.165) is 32.1 Å². The number of carbonyl (C=O) groups is 3. The first kappa shape index (κ1) is 35.4. The van der Waals surface area contributed by atoms with Crippen LogP contribution in [0.1, 0.15) is 107 Å². The highest BCUT2D eigenvalue weighted by Gasteiger charge is 2.39. The molecule has 0 aromatic carbocycles. The minimum Gasteiger partial charge on any atom is -0.456 e. The molecule has 0 saturated carbocycles. The molecule has 1 heterocycles. The van der Waals surface area contributed by atoms with Crippen molar-refractivity contribution < 1.29 is 28.6 Å². The van der Waals surface area contributed by atoms with Crippen molar-refractivity contribution in [2.45, 2.75) is 119 Å². The van der Waals surface area contributed by atoms with Crippen LogP contribution in [-0.2, 0) is 28.6 Å². The number of nitrogens with one attached hydrogen (secondary N) is 1. The SMILES string of the molecule is CCCC(C)(C)CC(C)(C)CC(=O)OCC(=O)NCC(C)(C)CC(C)(C)CC(=O)N1C[C@H](OC)C[C@H]1COC. The van der Waals surface area contributed by atoms with E-state index >= 15 is 0 Å². The summed E-state index contributed by atoms with van der Waals surface area (Å²) in [5, 5.41) is 2.92. The molecular formula is C31H58N2O6. The molecule has 39 heavy (non-hydrogen) atoms.